The van der Waals surface area contributed by atoms with Crippen LogP contribution in [0.4, 0.5) is 0 Å². The third-order valence-electron chi connectivity index (χ3n) is 8.32. The topological polar surface area (TPSA) is 64.7 Å². The van der Waals surface area contributed by atoms with E-state index >= 15 is 0 Å². The third kappa shape index (κ3) is 6.54. The number of carbonyl (C=O) groups excluding carboxylic acids is 1. The lowest BCUT2D eigenvalue weighted by Crippen LogP contribution is -2.38. The van der Waals surface area contributed by atoms with E-state index < -0.39 is 0 Å². The summed E-state index contributed by atoms with van der Waals surface area (Å²) in [5.74, 6) is 0.804. The first-order valence-electron chi connectivity index (χ1n) is 15.3. The molecule has 6 heteroatoms. The number of aryl methyl sites for hydroxylation is 1. The summed E-state index contributed by atoms with van der Waals surface area (Å²) in [5, 5.41) is 3.42. The Kier molecular flexibility index (Phi) is 8.89. The Labute approximate surface area is 248 Å². The van der Waals surface area contributed by atoms with Gasteiger partial charge in [0, 0.05) is 37.9 Å². The number of aromatic nitrogens is 4. The van der Waals surface area contributed by atoms with Crippen LogP contribution in [0.5, 0.6) is 0 Å². The molecule has 1 saturated carbocycles. The van der Waals surface area contributed by atoms with Gasteiger partial charge in [-0.05, 0) is 36.0 Å². The predicted molar refractivity (Wildman–Crippen MR) is 166 cm³/mol. The van der Waals surface area contributed by atoms with Gasteiger partial charge in [-0.1, -0.05) is 110 Å². The van der Waals surface area contributed by atoms with E-state index in [-0.39, 0.29) is 17.9 Å². The second kappa shape index (κ2) is 13.5. The molecule has 214 valence electrons. The molecule has 1 N–H and O–H groups in total. The number of carbonyl (C=O) groups is 1. The minimum atomic E-state index is -0.105. The minimum Gasteiger partial charge on any atom is -0.348 e. The smallest absolute Gasteiger partial charge is 0.270 e. The lowest BCUT2D eigenvalue weighted by Gasteiger charge is -2.24. The van der Waals surface area contributed by atoms with Gasteiger partial charge >= 0.3 is 0 Å². The second-order valence-corrected chi connectivity index (χ2v) is 11.3. The van der Waals surface area contributed by atoms with Crippen LogP contribution in [0.2, 0.25) is 0 Å². The molecule has 5 aromatic rings. The zero-order valence-electron chi connectivity index (χ0n) is 24.1. The highest BCUT2D eigenvalue weighted by Gasteiger charge is 2.30. The summed E-state index contributed by atoms with van der Waals surface area (Å²) < 4.78 is 4.31. The molecular formula is C36H39N5O. The molecule has 1 aliphatic rings. The van der Waals surface area contributed by atoms with Crippen molar-refractivity contribution >= 4 is 5.91 Å². The molecule has 0 spiro atoms. The first-order chi connectivity index (χ1) is 20.8. The van der Waals surface area contributed by atoms with Gasteiger partial charge in [-0.15, -0.1) is 0 Å². The fourth-order valence-corrected chi connectivity index (χ4v) is 6.25. The zero-order chi connectivity index (χ0) is 28.6. The highest BCUT2D eigenvalue weighted by atomic mass is 16.2. The number of hydrogen-bond donors (Lipinski definition) is 1. The third-order valence-corrected chi connectivity index (χ3v) is 8.32. The Morgan fingerprint density at radius 3 is 2.10 bits per heavy atom. The molecule has 6 nitrogen and oxygen atoms in total. The molecule has 1 amide bonds. The molecule has 1 fully saturated rings. The van der Waals surface area contributed by atoms with Crippen LogP contribution in [-0.4, -0.2) is 31.1 Å². The van der Waals surface area contributed by atoms with E-state index in [1.807, 2.05) is 36.9 Å². The first kappa shape index (κ1) is 27.7. The Morgan fingerprint density at radius 2 is 1.48 bits per heavy atom. The average molecular weight is 558 g/mol. The molecule has 0 atom stereocenters. The molecule has 42 heavy (non-hydrogen) atoms. The van der Waals surface area contributed by atoms with E-state index in [1.54, 1.807) is 0 Å². The Balaban J connectivity index is 1.47. The minimum absolute atomic E-state index is 0.00548. The summed E-state index contributed by atoms with van der Waals surface area (Å²) >= 11 is 0. The van der Waals surface area contributed by atoms with Gasteiger partial charge in [-0.2, -0.15) is 0 Å². The number of rotatable bonds is 11. The van der Waals surface area contributed by atoms with Gasteiger partial charge < -0.3 is 14.5 Å². The molecular weight excluding hydrogens is 518 g/mol. The first-order valence-corrected chi connectivity index (χ1v) is 15.3. The Bertz CT molecular complexity index is 1500. The van der Waals surface area contributed by atoms with Crippen molar-refractivity contribution in [3.8, 4) is 0 Å². The maximum atomic E-state index is 14.3. The maximum absolute atomic E-state index is 14.3. The van der Waals surface area contributed by atoms with Crippen LogP contribution in [0, 0.1) is 0 Å². The number of nitrogens with zero attached hydrogens (tertiary/aromatic N) is 4. The second-order valence-electron chi connectivity index (χ2n) is 11.3. The fraction of sp³-hybridized carbons (Fsp3) is 0.306. The van der Waals surface area contributed by atoms with E-state index in [0.717, 1.165) is 54.0 Å². The summed E-state index contributed by atoms with van der Waals surface area (Å²) in [6.07, 6.45) is 12.8. The molecule has 2 heterocycles. The van der Waals surface area contributed by atoms with Gasteiger partial charge in [-0.3, -0.25) is 4.79 Å². The molecule has 0 unspecified atom stereocenters. The van der Waals surface area contributed by atoms with Crippen molar-refractivity contribution in [1.82, 2.24) is 24.4 Å². The van der Waals surface area contributed by atoms with Gasteiger partial charge in [0.2, 0.25) is 0 Å². The van der Waals surface area contributed by atoms with Crippen LogP contribution in [0.15, 0.2) is 110 Å². The Morgan fingerprint density at radius 1 is 0.833 bits per heavy atom. The van der Waals surface area contributed by atoms with Crippen molar-refractivity contribution in [2.24, 2.45) is 0 Å². The van der Waals surface area contributed by atoms with E-state index in [0.29, 0.717) is 18.7 Å². The largest absolute Gasteiger partial charge is 0.348 e. The monoisotopic (exact) mass is 557 g/mol. The quantitative estimate of drug-likeness (QED) is 0.190. The molecule has 3 aromatic carbocycles. The van der Waals surface area contributed by atoms with Crippen molar-refractivity contribution in [3.63, 3.8) is 0 Å². The van der Waals surface area contributed by atoms with Gasteiger partial charge in [0.1, 0.15) is 11.5 Å². The highest BCUT2D eigenvalue weighted by molar-refractivity contribution is 5.94. The summed E-state index contributed by atoms with van der Waals surface area (Å²) in [6, 6.07) is 31.7. The average Bonchev–Trinajstić information content (AvgIpc) is 3.68. The van der Waals surface area contributed by atoms with E-state index in [4.69, 9.17) is 4.98 Å². The molecule has 0 bridgehead atoms. The van der Waals surface area contributed by atoms with Crippen molar-refractivity contribution in [1.29, 1.82) is 0 Å². The van der Waals surface area contributed by atoms with E-state index in [1.165, 1.54) is 19.3 Å². The van der Waals surface area contributed by atoms with Crippen molar-refractivity contribution in [3.05, 3.63) is 144 Å². The highest BCUT2D eigenvalue weighted by Crippen LogP contribution is 2.34. The standard InChI is InChI=1S/C36H39N5O/c42-36(38-31-20-11-4-12-21-31)34-32(26-28-14-5-1-6-15-28)39-35(41(34)24-13-23-40-25-22-37-27-40)33(29-16-7-2-8-17-29)30-18-9-3-10-19-30/h1-3,5-10,14-19,22,25,27,31,33H,4,11-13,20-21,23-24,26H2,(H,38,42). The lowest BCUT2D eigenvalue weighted by molar-refractivity contribution is 0.0916. The lowest BCUT2D eigenvalue weighted by atomic mass is 9.90. The van der Waals surface area contributed by atoms with Crippen LogP contribution < -0.4 is 5.32 Å². The summed E-state index contributed by atoms with van der Waals surface area (Å²) in [6.45, 7) is 1.50. The van der Waals surface area contributed by atoms with Crippen LogP contribution in [0.3, 0.4) is 0 Å². The van der Waals surface area contributed by atoms with Crippen LogP contribution >= 0.6 is 0 Å². The summed E-state index contributed by atoms with van der Waals surface area (Å²) in [7, 11) is 0. The number of hydrogen-bond acceptors (Lipinski definition) is 3. The Hall–Kier alpha value is -4.45. The van der Waals surface area contributed by atoms with E-state index in [9.17, 15) is 4.79 Å². The molecule has 2 aromatic heterocycles. The van der Waals surface area contributed by atoms with Gasteiger partial charge in [0.05, 0.1) is 17.9 Å². The maximum Gasteiger partial charge on any atom is 0.270 e. The van der Waals surface area contributed by atoms with Gasteiger partial charge in [0.15, 0.2) is 0 Å². The zero-order valence-corrected chi connectivity index (χ0v) is 24.1. The molecule has 1 aliphatic carbocycles. The van der Waals surface area contributed by atoms with Crippen molar-refractivity contribution in [2.45, 2.75) is 70.0 Å². The van der Waals surface area contributed by atoms with E-state index in [2.05, 4.69) is 92.2 Å². The number of nitrogens with one attached hydrogen (secondary N) is 1. The van der Waals surface area contributed by atoms with Gasteiger partial charge in [0.25, 0.3) is 5.91 Å². The van der Waals surface area contributed by atoms with Crippen molar-refractivity contribution < 1.29 is 4.79 Å². The summed E-state index contributed by atoms with van der Waals surface area (Å²) in [5.41, 5.74) is 5.01. The predicted octanol–water partition coefficient (Wildman–Crippen LogP) is 7.00. The molecule has 0 radical (unpaired) electrons. The SMILES string of the molecule is O=C(NC1CCCCC1)c1c(Cc2ccccc2)nc(C(c2ccccc2)c2ccccc2)n1CCCn1ccnc1. The van der Waals surface area contributed by atoms with Crippen LogP contribution in [-0.2, 0) is 19.5 Å². The fourth-order valence-electron chi connectivity index (χ4n) is 6.25. The molecule has 0 aliphatic heterocycles. The number of benzene rings is 3. The number of amides is 1. The van der Waals surface area contributed by atoms with Crippen LogP contribution in [0.1, 0.15) is 83.1 Å². The normalized spacial score (nSPS) is 13.8. The van der Waals surface area contributed by atoms with Gasteiger partial charge in [-0.25, -0.2) is 9.97 Å². The molecule has 0 saturated heterocycles. The van der Waals surface area contributed by atoms with Crippen molar-refractivity contribution in [2.75, 3.05) is 0 Å². The van der Waals surface area contributed by atoms with Crippen LogP contribution in [0.25, 0.3) is 0 Å². The number of imidazole rings is 2. The molecule has 6 rings (SSSR count). The summed E-state index contributed by atoms with van der Waals surface area (Å²) in [4.78, 5) is 23.8.